The lowest BCUT2D eigenvalue weighted by atomic mass is 9.87. The molecular weight excluding hydrogens is 260 g/mol. The van der Waals surface area contributed by atoms with Crippen LogP contribution in [0.5, 0.6) is 0 Å². The zero-order chi connectivity index (χ0) is 13.9. The highest BCUT2D eigenvalue weighted by atomic mass is 32.2. The Kier molecular flexibility index (Phi) is 4.28. The quantitative estimate of drug-likeness (QED) is 0.865. The second-order valence-electron chi connectivity index (χ2n) is 5.50. The number of hydrogen-bond acceptors (Lipinski definition) is 3. The molecule has 5 heteroatoms. The van der Waals surface area contributed by atoms with Gasteiger partial charge in [0.05, 0.1) is 4.90 Å². The Hall–Kier alpha value is -0.910. The Morgan fingerprint density at radius 2 is 1.89 bits per heavy atom. The molecule has 19 heavy (non-hydrogen) atoms. The number of aryl methyl sites for hydroxylation is 1. The van der Waals surface area contributed by atoms with Crippen molar-refractivity contribution in [3.63, 3.8) is 0 Å². The van der Waals surface area contributed by atoms with Crippen LogP contribution in [0.4, 0.5) is 0 Å². The average molecular weight is 282 g/mol. The number of nitrogens with one attached hydrogen (secondary N) is 1. The largest absolute Gasteiger partial charge is 0.330 e. The van der Waals surface area contributed by atoms with E-state index in [1.54, 1.807) is 12.1 Å². The van der Waals surface area contributed by atoms with Crippen LogP contribution in [0.15, 0.2) is 29.2 Å². The Morgan fingerprint density at radius 1 is 1.26 bits per heavy atom. The molecule has 0 atom stereocenters. The van der Waals surface area contributed by atoms with Gasteiger partial charge >= 0.3 is 0 Å². The number of sulfonamides is 1. The molecule has 0 heterocycles. The third kappa shape index (κ3) is 3.16. The fourth-order valence-electron chi connectivity index (χ4n) is 2.76. The molecule has 1 aromatic carbocycles. The highest BCUT2D eigenvalue weighted by Gasteiger charge is 2.33. The van der Waals surface area contributed by atoms with Crippen LogP contribution in [0.3, 0.4) is 0 Å². The van der Waals surface area contributed by atoms with E-state index in [4.69, 9.17) is 5.73 Å². The summed E-state index contributed by atoms with van der Waals surface area (Å²) in [6.07, 6.45) is 4.31. The van der Waals surface area contributed by atoms with E-state index in [0.29, 0.717) is 18.0 Å². The normalized spacial score (nSPS) is 18.6. The Bertz CT molecular complexity index is 534. The third-order valence-electron chi connectivity index (χ3n) is 4.12. The van der Waals surface area contributed by atoms with E-state index in [9.17, 15) is 8.42 Å². The van der Waals surface area contributed by atoms with Gasteiger partial charge in [-0.2, -0.15) is 0 Å². The summed E-state index contributed by atoms with van der Waals surface area (Å²) in [7, 11) is -3.43. The van der Waals surface area contributed by atoms with Crippen LogP contribution in [-0.2, 0) is 10.0 Å². The summed E-state index contributed by atoms with van der Waals surface area (Å²) in [5.74, 6) is 0. The van der Waals surface area contributed by atoms with Gasteiger partial charge in [-0.25, -0.2) is 13.1 Å². The van der Waals surface area contributed by atoms with Gasteiger partial charge in [-0.05, 0) is 43.4 Å². The molecule has 0 unspecified atom stereocenters. The van der Waals surface area contributed by atoms with Crippen molar-refractivity contribution < 1.29 is 8.42 Å². The van der Waals surface area contributed by atoms with Gasteiger partial charge in [-0.15, -0.1) is 0 Å². The van der Waals surface area contributed by atoms with E-state index in [-0.39, 0.29) is 5.41 Å². The summed E-state index contributed by atoms with van der Waals surface area (Å²) in [6.45, 7) is 2.80. The zero-order valence-corrected chi connectivity index (χ0v) is 12.2. The van der Waals surface area contributed by atoms with Crippen LogP contribution < -0.4 is 10.5 Å². The minimum atomic E-state index is -3.43. The molecular formula is C14H22N2O2S. The first-order chi connectivity index (χ1) is 8.99. The van der Waals surface area contributed by atoms with Gasteiger partial charge in [0.15, 0.2) is 0 Å². The maximum atomic E-state index is 12.3. The number of rotatable bonds is 5. The highest BCUT2D eigenvalue weighted by molar-refractivity contribution is 7.89. The second-order valence-corrected chi connectivity index (χ2v) is 7.24. The number of hydrogen-bond donors (Lipinski definition) is 2. The molecule has 0 saturated heterocycles. The van der Waals surface area contributed by atoms with Gasteiger partial charge in [0.2, 0.25) is 10.0 Å². The summed E-state index contributed by atoms with van der Waals surface area (Å²) >= 11 is 0. The van der Waals surface area contributed by atoms with E-state index in [1.165, 1.54) is 0 Å². The fraction of sp³-hybridized carbons (Fsp3) is 0.571. The summed E-state index contributed by atoms with van der Waals surface area (Å²) < 4.78 is 27.4. The van der Waals surface area contributed by atoms with Crippen molar-refractivity contribution in [2.24, 2.45) is 11.1 Å². The lowest BCUT2D eigenvalue weighted by Gasteiger charge is -2.27. The molecule has 1 aliphatic carbocycles. The summed E-state index contributed by atoms with van der Waals surface area (Å²) in [5.41, 5.74) is 6.55. The Labute approximate surface area is 115 Å². The van der Waals surface area contributed by atoms with E-state index in [2.05, 4.69) is 4.72 Å². The molecule has 4 nitrogen and oxygen atoms in total. The van der Waals surface area contributed by atoms with Crippen molar-refractivity contribution in [3.05, 3.63) is 29.8 Å². The van der Waals surface area contributed by atoms with Gasteiger partial charge in [-0.3, -0.25) is 0 Å². The molecule has 0 bridgehead atoms. The molecule has 3 N–H and O–H groups in total. The first-order valence-corrected chi connectivity index (χ1v) is 8.23. The van der Waals surface area contributed by atoms with Gasteiger partial charge in [0, 0.05) is 6.54 Å². The number of nitrogens with two attached hydrogens (primary N) is 1. The predicted molar refractivity (Wildman–Crippen MR) is 76.3 cm³/mol. The maximum absolute atomic E-state index is 12.3. The molecule has 1 aliphatic rings. The van der Waals surface area contributed by atoms with E-state index in [0.717, 1.165) is 31.2 Å². The van der Waals surface area contributed by atoms with Crippen molar-refractivity contribution in [2.75, 3.05) is 13.1 Å². The topological polar surface area (TPSA) is 72.2 Å². The van der Waals surface area contributed by atoms with E-state index >= 15 is 0 Å². The average Bonchev–Trinajstić information content (AvgIpc) is 2.86. The van der Waals surface area contributed by atoms with Crippen molar-refractivity contribution in [2.45, 2.75) is 37.5 Å². The Balaban J connectivity index is 2.12. The van der Waals surface area contributed by atoms with Crippen LogP contribution in [0.25, 0.3) is 0 Å². The minimum Gasteiger partial charge on any atom is -0.330 e. The van der Waals surface area contributed by atoms with E-state index < -0.39 is 10.0 Å². The van der Waals surface area contributed by atoms with E-state index in [1.807, 2.05) is 19.1 Å². The molecule has 106 valence electrons. The highest BCUT2D eigenvalue weighted by Crippen LogP contribution is 2.36. The van der Waals surface area contributed by atoms with Crippen molar-refractivity contribution in [3.8, 4) is 0 Å². The smallest absolute Gasteiger partial charge is 0.240 e. The molecule has 0 amide bonds. The SMILES string of the molecule is Cc1ccccc1S(=O)(=O)NCC1(CN)CCCC1. The molecule has 0 spiro atoms. The molecule has 1 fully saturated rings. The van der Waals surface area contributed by atoms with Crippen molar-refractivity contribution in [1.29, 1.82) is 0 Å². The fourth-order valence-corrected chi connectivity index (χ4v) is 4.16. The lowest BCUT2D eigenvalue weighted by molar-refractivity contribution is 0.309. The van der Waals surface area contributed by atoms with Crippen molar-refractivity contribution in [1.82, 2.24) is 4.72 Å². The zero-order valence-electron chi connectivity index (χ0n) is 11.4. The van der Waals surface area contributed by atoms with Gasteiger partial charge in [-0.1, -0.05) is 31.0 Å². The first-order valence-electron chi connectivity index (χ1n) is 6.74. The first kappa shape index (κ1) is 14.5. The summed E-state index contributed by atoms with van der Waals surface area (Å²) in [6, 6.07) is 7.03. The van der Waals surface area contributed by atoms with Crippen LogP contribution in [0.2, 0.25) is 0 Å². The molecule has 0 radical (unpaired) electrons. The predicted octanol–water partition coefficient (Wildman–Crippen LogP) is 1.79. The maximum Gasteiger partial charge on any atom is 0.240 e. The van der Waals surface area contributed by atoms with Crippen LogP contribution in [0.1, 0.15) is 31.2 Å². The minimum absolute atomic E-state index is 0.0459. The molecule has 0 aromatic heterocycles. The van der Waals surface area contributed by atoms with Crippen LogP contribution in [0, 0.1) is 12.3 Å². The lowest BCUT2D eigenvalue weighted by Crippen LogP contribution is -2.40. The number of benzene rings is 1. The van der Waals surface area contributed by atoms with Crippen molar-refractivity contribution >= 4 is 10.0 Å². The molecule has 0 aliphatic heterocycles. The Morgan fingerprint density at radius 3 is 2.47 bits per heavy atom. The summed E-state index contributed by atoms with van der Waals surface area (Å²) in [5, 5.41) is 0. The standard InChI is InChI=1S/C14H22N2O2S/c1-12-6-2-3-7-13(12)19(17,18)16-11-14(10-15)8-4-5-9-14/h2-3,6-7,16H,4-5,8-11,15H2,1H3. The van der Waals surface area contributed by atoms with Gasteiger partial charge in [0.25, 0.3) is 0 Å². The van der Waals surface area contributed by atoms with Crippen LogP contribution >= 0.6 is 0 Å². The second kappa shape index (κ2) is 5.61. The molecule has 2 rings (SSSR count). The third-order valence-corrected chi connectivity index (χ3v) is 5.68. The monoisotopic (exact) mass is 282 g/mol. The van der Waals surface area contributed by atoms with Gasteiger partial charge in [0.1, 0.15) is 0 Å². The molecule has 1 aromatic rings. The van der Waals surface area contributed by atoms with Crippen LogP contribution in [-0.4, -0.2) is 21.5 Å². The van der Waals surface area contributed by atoms with Gasteiger partial charge < -0.3 is 5.73 Å². The molecule has 1 saturated carbocycles. The summed E-state index contributed by atoms with van der Waals surface area (Å²) in [4.78, 5) is 0.361.